The molecule has 0 heterocycles. The predicted molar refractivity (Wildman–Crippen MR) is 74.0 cm³/mol. The summed E-state index contributed by atoms with van der Waals surface area (Å²) in [5.41, 5.74) is 6.10. The van der Waals surface area contributed by atoms with Crippen LogP contribution < -0.4 is 11.1 Å². The monoisotopic (exact) mass is 271 g/mol. The highest BCUT2D eigenvalue weighted by Crippen LogP contribution is 2.28. The van der Waals surface area contributed by atoms with Crippen molar-refractivity contribution in [3.63, 3.8) is 0 Å². The molecule has 1 unspecified atom stereocenters. The molecular formula is C12H18ClN3O2. The van der Waals surface area contributed by atoms with E-state index in [2.05, 4.69) is 19.2 Å². The van der Waals surface area contributed by atoms with E-state index in [9.17, 15) is 10.1 Å². The number of benzene rings is 1. The molecule has 0 aromatic heterocycles. The van der Waals surface area contributed by atoms with Crippen molar-refractivity contribution < 1.29 is 4.92 Å². The Balaban J connectivity index is 2.91. The van der Waals surface area contributed by atoms with Gasteiger partial charge in [0.15, 0.2) is 0 Å². The largest absolute Gasteiger partial charge is 0.375 e. The van der Waals surface area contributed by atoms with Crippen LogP contribution in [0.15, 0.2) is 18.2 Å². The molecule has 0 fully saturated rings. The fraction of sp³-hybridized carbons (Fsp3) is 0.500. The minimum Gasteiger partial charge on any atom is -0.375 e. The molecule has 0 amide bonds. The normalized spacial score (nSPS) is 12.5. The number of nitro groups is 1. The summed E-state index contributed by atoms with van der Waals surface area (Å²) in [6.07, 6.45) is 0.857. The maximum Gasteiger partial charge on any atom is 0.293 e. The Morgan fingerprint density at radius 1 is 1.50 bits per heavy atom. The highest BCUT2D eigenvalue weighted by molar-refractivity contribution is 6.30. The second-order valence-corrected chi connectivity index (χ2v) is 5.06. The summed E-state index contributed by atoms with van der Waals surface area (Å²) in [5.74, 6) is 0.470. The fourth-order valence-corrected chi connectivity index (χ4v) is 1.95. The van der Waals surface area contributed by atoms with Gasteiger partial charge in [0.05, 0.1) is 4.92 Å². The molecule has 1 rings (SSSR count). The average molecular weight is 272 g/mol. The van der Waals surface area contributed by atoms with E-state index in [0.717, 1.165) is 6.42 Å². The van der Waals surface area contributed by atoms with E-state index in [1.807, 2.05) is 0 Å². The van der Waals surface area contributed by atoms with Gasteiger partial charge in [-0.2, -0.15) is 0 Å². The van der Waals surface area contributed by atoms with Crippen molar-refractivity contribution in [2.45, 2.75) is 26.3 Å². The van der Waals surface area contributed by atoms with E-state index in [1.54, 1.807) is 12.1 Å². The van der Waals surface area contributed by atoms with Crippen molar-refractivity contribution >= 4 is 23.0 Å². The standard InChI is InChI=1S/C12H18ClN3O2/c1-8(2)5-10(7-14)15-11-4-3-9(13)6-12(11)16(17)18/h3-4,6,8,10,15H,5,7,14H2,1-2H3. The van der Waals surface area contributed by atoms with Gasteiger partial charge in [-0.05, 0) is 24.5 Å². The molecule has 0 aliphatic heterocycles. The van der Waals surface area contributed by atoms with Crippen LogP contribution in [-0.4, -0.2) is 17.5 Å². The number of nitrogens with one attached hydrogen (secondary N) is 1. The van der Waals surface area contributed by atoms with E-state index in [4.69, 9.17) is 17.3 Å². The number of nitrogens with zero attached hydrogens (tertiary/aromatic N) is 1. The number of nitro benzene ring substituents is 1. The first kappa shape index (κ1) is 14.7. The van der Waals surface area contributed by atoms with Crippen LogP contribution in [0.1, 0.15) is 20.3 Å². The first-order chi connectivity index (χ1) is 8.43. The zero-order valence-electron chi connectivity index (χ0n) is 10.5. The van der Waals surface area contributed by atoms with Crippen molar-refractivity contribution in [3.05, 3.63) is 33.3 Å². The molecule has 3 N–H and O–H groups in total. The molecular weight excluding hydrogens is 254 g/mol. The van der Waals surface area contributed by atoms with E-state index in [0.29, 0.717) is 23.2 Å². The van der Waals surface area contributed by atoms with Gasteiger partial charge in [0.1, 0.15) is 5.69 Å². The molecule has 0 saturated carbocycles. The summed E-state index contributed by atoms with van der Waals surface area (Å²) in [5, 5.41) is 14.4. The summed E-state index contributed by atoms with van der Waals surface area (Å²) in [4.78, 5) is 10.5. The van der Waals surface area contributed by atoms with Crippen LogP contribution in [0, 0.1) is 16.0 Å². The van der Waals surface area contributed by atoms with Gasteiger partial charge in [0.25, 0.3) is 5.69 Å². The van der Waals surface area contributed by atoms with E-state index >= 15 is 0 Å². The molecule has 6 heteroatoms. The van der Waals surface area contributed by atoms with E-state index < -0.39 is 4.92 Å². The molecule has 0 aliphatic carbocycles. The average Bonchev–Trinajstić information content (AvgIpc) is 2.29. The number of rotatable bonds is 6. The van der Waals surface area contributed by atoms with E-state index in [1.165, 1.54) is 6.07 Å². The third-order valence-electron chi connectivity index (χ3n) is 2.56. The maximum absolute atomic E-state index is 10.9. The number of halogens is 1. The maximum atomic E-state index is 10.9. The van der Waals surface area contributed by atoms with Crippen LogP contribution in [-0.2, 0) is 0 Å². The Kier molecular flexibility index (Phi) is 5.37. The van der Waals surface area contributed by atoms with Gasteiger partial charge in [0.2, 0.25) is 0 Å². The lowest BCUT2D eigenvalue weighted by Gasteiger charge is -2.19. The fourth-order valence-electron chi connectivity index (χ4n) is 1.78. The first-order valence-electron chi connectivity index (χ1n) is 5.84. The Bertz CT molecular complexity index is 424. The second-order valence-electron chi connectivity index (χ2n) is 4.63. The zero-order chi connectivity index (χ0) is 13.7. The van der Waals surface area contributed by atoms with Crippen LogP contribution in [0.4, 0.5) is 11.4 Å². The molecule has 1 atom stereocenters. The molecule has 18 heavy (non-hydrogen) atoms. The van der Waals surface area contributed by atoms with Gasteiger partial charge in [0, 0.05) is 23.7 Å². The topological polar surface area (TPSA) is 81.2 Å². The Labute approximate surface area is 111 Å². The summed E-state index contributed by atoms with van der Waals surface area (Å²) in [6, 6.07) is 4.60. The summed E-state index contributed by atoms with van der Waals surface area (Å²) in [7, 11) is 0. The van der Waals surface area contributed by atoms with Gasteiger partial charge < -0.3 is 11.1 Å². The van der Waals surface area contributed by atoms with Gasteiger partial charge >= 0.3 is 0 Å². The van der Waals surface area contributed by atoms with Crippen molar-refractivity contribution in [1.29, 1.82) is 0 Å². The highest BCUT2D eigenvalue weighted by atomic mass is 35.5. The van der Waals surface area contributed by atoms with Crippen molar-refractivity contribution in [2.24, 2.45) is 11.7 Å². The molecule has 100 valence electrons. The molecule has 0 spiro atoms. The molecule has 5 nitrogen and oxygen atoms in total. The van der Waals surface area contributed by atoms with Crippen LogP contribution in [0.2, 0.25) is 5.02 Å². The van der Waals surface area contributed by atoms with Crippen molar-refractivity contribution in [2.75, 3.05) is 11.9 Å². The van der Waals surface area contributed by atoms with Crippen molar-refractivity contribution in [1.82, 2.24) is 0 Å². The van der Waals surface area contributed by atoms with E-state index in [-0.39, 0.29) is 11.7 Å². The Morgan fingerprint density at radius 3 is 2.67 bits per heavy atom. The lowest BCUT2D eigenvalue weighted by Crippen LogP contribution is -2.30. The van der Waals surface area contributed by atoms with Crippen LogP contribution in [0.25, 0.3) is 0 Å². The number of anilines is 1. The van der Waals surface area contributed by atoms with Crippen LogP contribution >= 0.6 is 11.6 Å². The predicted octanol–water partition coefficient (Wildman–Crippen LogP) is 3.03. The first-order valence-corrected chi connectivity index (χ1v) is 6.22. The van der Waals surface area contributed by atoms with Gasteiger partial charge in [-0.25, -0.2) is 0 Å². The smallest absolute Gasteiger partial charge is 0.293 e. The lowest BCUT2D eigenvalue weighted by molar-refractivity contribution is -0.384. The zero-order valence-corrected chi connectivity index (χ0v) is 11.3. The molecule has 1 aromatic rings. The number of hydrogen-bond acceptors (Lipinski definition) is 4. The van der Waals surface area contributed by atoms with Gasteiger partial charge in [-0.3, -0.25) is 10.1 Å². The number of nitrogens with two attached hydrogens (primary N) is 1. The SMILES string of the molecule is CC(C)CC(CN)Nc1ccc(Cl)cc1[N+](=O)[O-]. The number of hydrogen-bond donors (Lipinski definition) is 2. The quantitative estimate of drug-likeness (QED) is 0.615. The second kappa shape index (κ2) is 6.56. The molecule has 0 aliphatic rings. The summed E-state index contributed by atoms with van der Waals surface area (Å²) in [6.45, 7) is 4.60. The highest BCUT2D eigenvalue weighted by Gasteiger charge is 2.17. The Morgan fingerprint density at radius 2 is 2.17 bits per heavy atom. The van der Waals surface area contributed by atoms with Gasteiger partial charge in [-0.1, -0.05) is 25.4 Å². The molecule has 0 saturated heterocycles. The third kappa shape index (κ3) is 4.16. The molecule has 0 radical (unpaired) electrons. The van der Waals surface area contributed by atoms with Crippen LogP contribution in [0.5, 0.6) is 0 Å². The third-order valence-corrected chi connectivity index (χ3v) is 2.79. The lowest BCUT2D eigenvalue weighted by atomic mass is 10.0. The Hall–Kier alpha value is -1.33. The summed E-state index contributed by atoms with van der Waals surface area (Å²) >= 11 is 5.76. The van der Waals surface area contributed by atoms with Gasteiger partial charge in [-0.15, -0.1) is 0 Å². The molecule has 1 aromatic carbocycles. The van der Waals surface area contributed by atoms with Crippen LogP contribution in [0.3, 0.4) is 0 Å². The minimum absolute atomic E-state index is 0.0184. The van der Waals surface area contributed by atoms with Crippen molar-refractivity contribution in [3.8, 4) is 0 Å². The minimum atomic E-state index is -0.447. The summed E-state index contributed by atoms with van der Waals surface area (Å²) < 4.78 is 0. The molecule has 0 bridgehead atoms.